The van der Waals surface area contributed by atoms with Crippen LogP contribution in [0.1, 0.15) is 26.2 Å². The molecule has 2 heterocycles. The molecule has 3 rings (SSSR count). The minimum absolute atomic E-state index is 0.0529. The van der Waals surface area contributed by atoms with Gasteiger partial charge in [0.1, 0.15) is 0 Å². The van der Waals surface area contributed by atoms with E-state index in [4.69, 9.17) is 16.7 Å². The predicted molar refractivity (Wildman–Crippen MR) is 101 cm³/mol. The molecular weight excluding hydrogens is 354 g/mol. The fourth-order valence-electron chi connectivity index (χ4n) is 4.43. The Bertz CT molecular complexity index is 599. The Labute approximate surface area is 159 Å². The molecule has 1 unspecified atom stereocenters. The van der Waals surface area contributed by atoms with Gasteiger partial charge in [-0.3, -0.25) is 4.79 Å². The van der Waals surface area contributed by atoms with Crippen LogP contribution in [-0.2, 0) is 4.79 Å². The van der Waals surface area contributed by atoms with Crippen molar-refractivity contribution in [3.63, 3.8) is 0 Å². The maximum absolute atomic E-state index is 13.0. The summed E-state index contributed by atoms with van der Waals surface area (Å²) < 4.78 is 0. The van der Waals surface area contributed by atoms with Crippen LogP contribution in [0, 0.1) is 17.8 Å². The van der Waals surface area contributed by atoms with E-state index in [9.17, 15) is 9.59 Å². The number of hydrogen-bond acceptors (Lipinski definition) is 3. The Morgan fingerprint density at radius 3 is 2.58 bits per heavy atom. The Morgan fingerprint density at radius 2 is 2.00 bits per heavy atom. The molecule has 2 N–H and O–H groups in total. The first-order valence-corrected chi connectivity index (χ1v) is 9.91. The van der Waals surface area contributed by atoms with Gasteiger partial charge in [0.2, 0.25) is 5.91 Å². The molecule has 144 valence electrons. The van der Waals surface area contributed by atoms with E-state index >= 15 is 0 Å². The van der Waals surface area contributed by atoms with Crippen molar-refractivity contribution in [3.05, 3.63) is 23.3 Å². The van der Waals surface area contributed by atoms with Crippen molar-refractivity contribution in [2.75, 3.05) is 32.7 Å². The third-order valence-corrected chi connectivity index (χ3v) is 6.18. The number of nitrogens with zero attached hydrogens (tertiary/aromatic N) is 2. The number of allylic oxidation sites excluding steroid dienone is 4. The number of carboxylic acid groups (broad SMARTS) is 1. The van der Waals surface area contributed by atoms with E-state index in [1.165, 1.54) is 4.90 Å². The normalized spacial score (nSPS) is 29.8. The molecule has 2 amide bonds. The zero-order chi connectivity index (χ0) is 18.7. The summed E-state index contributed by atoms with van der Waals surface area (Å²) in [5, 5.41) is 13.4. The van der Waals surface area contributed by atoms with Crippen molar-refractivity contribution in [2.45, 2.75) is 32.2 Å². The monoisotopic (exact) mass is 381 g/mol. The van der Waals surface area contributed by atoms with E-state index in [2.05, 4.69) is 24.4 Å². The molecule has 0 aromatic rings. The lowest BCUT2D eigenvalue weighted by Crippen LogP contribution is -2.44. The van der Waals surface area contributed by atoms with E-state index in [0.29, 0.717) is 43.8 Å². The molecule has 0 spiro atoms. The first-order valence-electron chi connectivity index (χ1n) is 9.53. The van der Waals surface area contributed by atoms with Crippen LogP contribution in [0.15, 0.2) is 23.3 Å². The van der Waals surface area contributed by atoms with Crippen molar-refractivity contribution in [1.29, 1.82) is 0 Å². The van der Waals surface area contributed by atoms with Crippen molar-refractivity contribution in [3.8, 4) is 0 Å². The molecule has 0 aromatic carbocycles. The second-order valence-corrected chi connectivity index (χ2v) is 7.90. The summed E-state index contributed by atoms with van der Waals surface area (Å²) >= 11 is 6.05. The number of nitrogens with one attached hydrogen (secondary N) is 1. The number of rotatable bonds is 4. The Hall–Kier alpha value is -1.53. The van der Waals surface area contributed by atoms with E-state index in [1.54, 1.807) is 0 Å². The lowest BCUT2D eigenvalue weighted by Gasteiger charge is -2.31. The Morgan fingerprint density at radius 1 is 1.27 bits per heavy atom. The van der Waals surface area contributed by atoms with Gasteiger partial charge in [-0.25, -0.2) is 4.79 Å². The highest BCUT2D eigenvalue weighted by Crippen LogP contribution is 2.33. The summed E-state index contributed by atoms with van der Waals surface area (Å²) in [7, 11) is 0. The Kier molecular flexibility index (Phi) is 6.24. The number of likely N-dealkylation sites (N-methyl/N-ethyl adjacent to an activating group) is 1. The number of likely N-dealkylation sites (tertiary alicyclic amines) is 2. The van der Waals surface area contributed by atoms with Crippen LogP contribution >= 0.6 is 11.6 Å². The van der Waals surface area contributed by atoms with E-state index in [1.807, 2.05) is 11.0 Å². The van der Waals surface area contributed by atoms with Crippen molar-refractivity contribution < 1.29 is 14.7 Å². The average Bonchev–Trinajstić information content (AvgIpc) is 3.06. The van der Waals surface area contributed by atoms with Crippen LogP contribution in [0.5, 0.6) is 0 Å². The fourth-order valence-corrected chi connectivity index (χ4v) is 4.59. The second-order valence-electron chi connectivity index (χ2n) is 7.46. The van der Waals surface area contributed by atoms with Gasteiger partial charge in [0.05, 0.1) is 0 Å². The molecule has 6 nitrogen and oxygen atoms in total. The molecule has 2 fully saturated rings. The molecular formula is C19H28ClN3O3. The first kappa shape index (κ1) is 19.2. The van der Waals surface area contributed by atoms with Crippen LogP contribution in [-0.4, -0.2) is 65.7 Å². The van der Waals surface area contributed by atoms with Gasteiger partial charge in [-0.05, 0) is 37.8 Å². The highest BCUT2D eigenvalue weighted by molar-refractivity contribution is 6.31. The number of hydrogen-bond donors (Lipinski definition) is 2. The standard InChI is InChI=1S/C19H28ClN3O3/c1-2-21-17-12-23(11-16(17)13-3-5-15(20)6-4-13)18(24)14-7-9-22(10-8-14)19(25)26/h3,5-6,13-14,16-17,21H,2,4,7-12H2,1H3,(H,25,26)/t13?,16-,17+/m0/s1. The zero-order valence-electron chi connectivity index (χ0n) is 15.2. The maximum Gasteiger partial charge on any atom is 0.407 e. The molecule has 26 heavy (non-hydrogen) atoms. The van der Waals surface area contributed by atoms with Gasteiger partial charge in [0.15, 0.2) is 0 Å². The SMILES string of the molecule is CCN[C@@H]1CN(C(=O)C2CCN(C(=O)O)CC2)C[C@H]1C1C=CC(Cl)=CC1. The molecule has 7 heteroatoms. The van der Waals surface area contributed by atoms with Crippen LogP contribution in [0.25, 0.3) is 0 Å². The molecule has 3 aliphatic rings. The summed E-state index contributed by atoms with van der Waals surface area (Å²) in [6.07, 6.45) is 7.48. The molecule has 0 radical (unpaired) electrons. The summed E-state index contributed by atoms with van der Waals surface area (Å²) in [6, 6.07) is 0.294. The molecule has 0 bridgehead atoms. The van der Waals surface area contributed by atoms with Crippen molar-refractivity contribution in [1.82, 2.24) is 15.1 Å². The highest BCUT2D eigenvalue weighted by Gasteiger charge is 2.40. The molecule has 3 atom stereocenters. The van der Waals surface area contributed by atoms with Crippen LogP contribution in [0.3, 0.4) is 0 Å². The smallest absolute Gasteiger partial charge is 0.407 e. The molecule has 1 aliphatic carbocycles. The van der Waals surface area contributed by atoms with E-state index < -0.39 is 6.09 Å². The lowest BCUT2D eigenvalue weighted by atomic mass is 9.84. The van der Waals surface area contributed by atoms with Gasteiger partial charge < -0.3 is 20.2 Å². The van der Waals surface area contributed by atoms with Crippen molar-refractivity contribution in [2.24, 2.45) is 17.8 Å². The molecule has 0 aromatic heterocycles. The minimum atomic E-state index is -0.889. The third-order valence-electron chi connectivity index (χ3n) is 5.90. The molecule has 2 saturated heterocycles. The van der Waals surface area contributed by atoms with Gasteiger partial charge >= 0.3 is 6.09 Å². The summed E-state index contributed by atoms with van der Waals surface area (Å²) in [6.45, 7) is 5.38. The topological polar surface area (TPSA) is 72.9 Å². The average molecular weight is 382 g/mol. The molecule has 0 saturated carbocycles. The van der Waals surface area contributed by atoms with Gasteiger partial charge in [-0.2, -0.15) is 0 Å². The second kappa shape index (κ2) is 8.44. The van der Waals surface area contributed by atoms with E-state index in [0.717, 1.165) is 31.1 Å². The third kappa shape index (κ3) is 4.23. The largest absolute Gasteiger partial charge is 0.465 e. The van der Waals surface area contributed by atoms with Crippen LogP contribution < -0.4 is 5.32 Å². The summed E-state index contributed by atoms with van der Waals surface area (Å²) in [5.41, 5.74) is 0. The van der Waals surface area contributed by atoms with Crippen LogP contribution in [0.2, 0.25) is 0 Å². The highest BCUT2D eigenvalue weighted by atomic mass is 35.5. The number of halogens is 1. The Balaban J connectivity index is 1.61. The number of carbonyl (C=O) groups excluding carboxylic acids is 1. The maximum atomic E-state index is 13.0. The number of carbonyl (C=O) groups is 2. The fraction of sp³-hybridized carbons (Fsp3) is 0.684. The van der Waals surface area contributed by atoms with Gasteiger partial charge in [-0.1, -0.05) is 30.7 Å². The summed E-state index contributed by atoms with van der Waals surface area (Å²) in [4.78, 5) is 27.4. The van der Waals surface area contributed by atoms with Gasteiger partial charge in [-0.15, -0.1) is 0 Å². The number of amides is 2. The number of piperidine rings is 1. The zero-order valence-corrected chi connectivity index (χ0v) is 16.0. The van der Waals surface area contributed by atoms with E-state index in [-0.39, 0.29) is 11.8 Å². The van der Waals surface area contributed by atoms with Crippen LogP contribution in [0.4, 0.5) is 4.79 Å². The predicted octanol–water partition coefficient (Wildman–Crippen LogP) is 2.51. The summed E-state index contributed by atoms with van der Waals surface area (Å²) in [5.74, 6) is 0.917. The quantitative estimate of drug-likeness (QED) is 0.784. The lowest BCUT2D eigenvalue weighted by molar-refractivity contribution is -0.136. The first-order chi connectivity index (χ1) is 12.5. The molecule has 2 aliphatic heterocycles. The van der Waals surface area contributed by atoms with Gasteiger partial charge in [0, 0.05) is 49.1 Å². The van der Waals surface area contributed by atoms with Crippen molar-refractivity contribution >= 4 is 23.6 Å². The van der Waals surface area contributed by atoms with Gasteiger partial charge in [0.25, 0.3) is 0 Å². The minimum Gasteiger partial charge on any atom is -0.465 e.